The van der Waals surface area contributed by atoms with Crippen LogP contribution in [0.2, 0.25) is 0 Å². The molecule has 0 aliphatic carbocycles. The van der Waals surface area contributed by atoms with E-state index in [1.54, 1.807) is 70.0 Å². The zero-order chi connectivity index (χ0) is 75.9. The number of carboxylic acid groups (broad SMARTS) is 3. The number of nitrogens with zero attached hydrogens (tertiary/aromatic N) is 5. The van der Waals surface area contributed by atoms with E-state index in [4.69, 9.17) is 11.5 Å². The van der Waals surface area contributed by atoms with Crippen molar-refractivity contribution in [2.75, 3.05) is 97.1 Å². The molecule has 0 spiro atoms. The fourth-order valence-electron chi connectivity index (χ4n) is 11.1. The molecule has 1 aliphatic heterocycles. The van der Waals surface area contributed by atoms with Crippen LogP contribution >= 0.6 is 11.8 Å². The molecule has 35 nitrogen and oxygen atoms in total. The number of para-hydroxylation sites is 1. The number of carboxylic acids is 3. The van der Waals surface area contributed by atoms with E-state index in [0.29, 0.717) is 22.6 Å². The van der Waals surface area contributed by atoms with Gasteiger partial charge in [-0.05, 0) is 79.4 Å². The van der Waals surface area contributed by atoms with Gasteiger partial charge in [-0.15, -0.1) is 0 Å². The lowest BCUT2D eigenvalue weighted by atomic mass is 10.0. The molecule has 11 amide bonds. The summed E-state index contributed by atoms with van der Waals surface area (Å²) in [5.74, 6) is -11.7. The van der Waals surface area contributed by atoms with E-state index in [1.807, 2.05) is 20.1 Å². The summed E-state index contributed by atoms with van der Waals surface area (Å²) in [6.07, 6.45) is 5.77. The fourth-order valence-corrected chi connectivity index (χ4v) is 11.5. The Morgan fingerprint density at radius 1 is 0.583 bits per heavy atom. The number of carbonyl (C=O) groups excluding carboxylic acids is 11. The van der Waals surface area contributed by atoms with E-state index in [2.05, 4.69) is 62.8 Å². The molecule has 103 heavy (non-hydrogen) atoms. The number of hydrogen-bond donors (Lipinski definition) is 16. The lowest BCUT2D eigenvalue weighted by Gasteiger charge is -2.32. The minimum absolute atomic E-state index is 0.0509. The highest BCUT2D eigenvalue weighted by atomic mass is 32.2. The van der Waals surface area contributed by atoms with Crippen LogP contribution < -0.4 is 59.3 Å². The third-order valence-electron chi connectivity index (χ3n) is 16.7. The lowest BCUT2D eigenvalue weighted by Crippen LogP contribution is -2.59. The first kappa shape index (κ1) is 83.8. The van der Waals surface area contributed by atoms with Crippen molar-refractivity contribution in [3.63, 3.8) is 0 Å². The largest absolute Gasteiger partial charge is 0.480 e. The maximum atomic E-state index is 14.2. The summed E-state index contributed by atoms with van der Waals surface area (Å²) in [7, 11) is 0. The van der Waals surface area contributed by atoms with Gasteiger partial charge in [-0.2, -0.15) is 11.8 Å². The van der Waals surface area contributed by atoms with E-state index in [0.717, 1.165) is 10.9 Å². The summed E-state index contributed by atoms with van der Waals surface area (Å²) in [6, 6.07) is 4.43. The number of benzene rings is 2. The summed E-state index contributed by atoms with van der Waals surface area (Å²) < 4.78 is 0. The van der Waals surface area contributed by atoms with Gasteiger partial charge in [0.15, 0.2) is 0 Å². The SMILES string of the molecule is CSCC[C@H](NC(=O)[C@H](CC(C)C)NC(=O)[C@H](Cc1cnc[nH]1)NC(=O)CNC(=O)[C@@H](NC(=O)[C@H](C)NC(=O)[C@H](Cc1c[nH]c2ccccc12)NC(=O)[C@@H](N)CCC(=O)NC(=O)c1cccc(CNC(=O)CN2CCN(CC(=O)O)CCN(CC(=O)O)CCN(CC(=O)O)CC2)c1)C(C)C)C(N)=O. The van der Waals surface area contributed by atoms with Gasteiger partial charge in [-0.3, -0.25) is 92.0 Å². The molecular weight excluding hydrogens is 1360 g/mol. The summed E-state index contributed by atoms with van der Waals surface area (Å²) in [5.41, 5.74) is 14.2. The number of rotatable bonds is 39. The minimum Gasteiger partial charge on any atom is -0.480 e. The average molecular weight is 1460 g/mol. The Balaban J connectivity index is 1.16. The number of primary amides is 1. The molecule has 0 saturated carbocycles. The van der Waals surface area contributed by atoms with Crippen molar-refractivity contribution in [2.24, 2.45) is 23.3 Å². The highest BCUT2D eigenvalue weighted by Gasteiger charge is 2.34. The number of nitrogens with two attached hydrogens (primary N) is 2. The third kappa shape index (κ3) is 29.9. The predicted molar refractivity (Wildman–Crippen MR) is 378 cm³/mol. The fraction of sp³-hybridized carbons (Fsp3) is 0.537. The van der Waals surface area contributed by atoms with Gasteiger partial charge < -0.3 is 79.3 Å². The number of imidazole rings is 1. The summed E-state index contributed by atoms with van der Waals surface area (Å²) in [5, 5.41) is 52.6. The van der Waals surface area contributed by atoms with Crippen molar-refractivity contribution in [1.29, 1.82) is 0 Å². The maximum absolute atomic E-state index is 14.2. The van der Waals surface area contributed by atoms with E-state index < -0.39 is 144 Å². The van der Waals surface area contributed by atoms with Crippen LogP contribution in [0.15, 0.2) is 67.3 Å². The first-order chi connectivity index (χ1) is 48.9. The monoisotopic (exact) mass is 1460 g/mol. The molecule has 2 aromatic carbocycles. The van der Waals surface area contributed by atoms with Gasteiger partial charge in [0.05, 0.1) is 45.1 Å². The number of aliphatic carboxylic acids is 3. The van der Waals surface area contributed by atoms with Crippen molar-refractivity contribution >= 4 is 106 Å². The topological polar surface area (TPSA) is 517 Å². The molecule has 1 fully saturated rings. The molecule has 0 unspecified atom stereocenters. The van der Waals surface area contributed by atoms with E-state index in [1.165, 1.54) is 49.4 Å². The van der Waals surface area contributed by atoms with Crippen LogP contribution in [0.3, 0.4) is 0 Å². The average Bonchev–Trinajstić information content (AvgIpc) is 1.74. The van der Waals surface area contributed by atoms with E-state index in [-0.39, 0.29) is 129 Å². The molecule has 2 aromatic heterocycles. The van der Waals surface area contributed by atoms with Crippen molar-refractivity contribution in [1.82, 2.24) is 82.4 Å². The Morgan fingerprint density at radius 3 is 1.71 bits per heavy atom. The Morgan fingerprint density at radius 2 is 1.15 bits per heavy atom. The number of carbonyl (C=O) groups is 14. The molecular formula is C67H98N18O17S. The lowest BCUT2D eigenvalue weighted by molar-refractivity contribution is -0.140. The Labute approximate surface area is 600 Å². The Bertz CT molecular complexity index is 3540. The van der Waals surface area contributed by atoms with Gasteiger partial charge in [0.2, 0.25) is 59.1 Å². The van der Waals surface area contributed by atoms with Crippen molar-refractivity contribution < 1.29 is 82.4 Å². The molecule has 1 aliphatic rings. The maximum Gasteiger partial charge on any atom is 0.317 e. The van der Waals surface area contributed by atoms with Crippen LogP contribution in [-0.2, 0) is 81.7 Å². The van der Waals surface area contributed by atoms with Gasteiger partial charge in [0.1, 0.15) is 36.3 Å². The number of thioether (sulfide) groups is 1. The number of H-pyrrole nitrogens is 2. The van der Waals surface area contributed by atoms with Gasteiger partial charge in [0.25, 0.3) is 5.91 Å². The predicted octanol–water partition coefficient (Wildman–Crippen LogP) is -3.18. The third-order valence-corrected chi connectivity index (χ3v) is 17.4. The summed E-state index contributed by atoms with van der Waals surface area (Å²) in [4.78, 5) is 200. The summed E-state index contributed by atoms with van der Waals surface area (Å²) >= 11 is 1.46. The van der Waals surface area contributed by atoms with Crippen LogP contribution in [0.25, 0.3) is 10.9 Å². The van der Waals surface area contributed by atoms with Crippen LogP contribution in [0.1, 0.15) is 87.5 Å². The Hall–Kier alpha value is -9.88. The number of aromatic nitrogens is 3. The standard InChI is InChI=1S/C67H98N18O17S/c1-39(2)26-50(65(100)77-49(60(69)95)16-25-103-6)79-66(101)52(29-45-32-70-38-74-45)76-54(87)33-73-67(102)59(40(3)4)81-61(96)41(5)75-64(99)51(28-44-31-71-48-13-8-7-12-46(44)48)78-63(98)47(68)14-15-53(86)80-62(97)43-11-9-10-42(27-43)30-72-55(88)34-82-17-19-83(35-56(89)90)21-23-85(37-58(93)94)24-22-84(20-18-82)36-57(91)92/h7-13,27,31-32,38-41,47,49-52,59,71H,14-26,28-30,33-37,68H2,1-6H3,(H2,69,95)(H,70,74)(H,72,88)(H,73,102)(H,75,99)(H,76,87)(H,77,100)(H,78,98)(H,79,101)(H,81,96)(H,89,90)(H,91,92)(H,93,94)(H,80,86,97)/t41-,47-,49-,50-,51-,52-,59-/m0/s1. The van der Waals surface area contributed by atoms with Crippen LogP contribution in [0.4, 0.5) is 0 Å². The number of nitrogens with one attached hydrogen (secondary N) is 11. The highest BCUT2D eigenvalue weighted by molar-refractivity contribution is 7.98. The number of imide groups is 1. The second kappa shape index (κ2) is 42.5. The normalized spacial score (nSPS) is 15.6. The molecule has 3 heterocycles. The van der Waals surface area contributed by atoms with Gasteiger partial charge in [0, 0.05) is 113 Å². The number of fused-ring (bicyclic) bond motifs is 1. The van der Waals surface area contributed by atoms with Gasteiger partial charge >= 0.3 is 17.9 Å². The molecule has 36 heteroatoms. The molecule has 0 radical (unpaired) electrons. The molecule has 4 aromatic rings. The second-order valence-corrected chi connectivity index (χ2v) is 26.9. The van der Waals surface area contributed by atoms with Crippen LogP contribution in [0.5, 0.6) is 0 Å². The van der Waals surface area contributed by atoms with Crippen LogP contribution in [-0.4, -0.2) is 272 Å². The summed E-state index contributed by atoms with van der Waals surface area (Å²) in [6.45, 7) is 8.03. The zero-order valence-corrected chi connectivity index (χ0v) is 59.6. The van der Waals surface area contributed by atoms with E-state index >= 15 is 0 Å². The smallest absolute Gasteiger partial charge is 0.317 e. The van der Waals surface area contributed by atoms with Crippen molar-refractivity contribution in [3.8, 4) is 0 Å². The minimum atomic E-state index is -1.40. The molecule has 5 rings (SSSR count). The van der Waals surface area contributed by atoms with Gasteiger partial charge in [-0.1, -0.05) is 58.0 Å². The van der Waals surface area contributed by atoms with Crippen molar-refractivity contribution in [3.05, 3.63) is 89.6 Å². The zero-order valence-electron chi connectivity index (χ0n) is 58.8. The van der Waals surface area contributed by atoms with Crippen LogP contribution in [0, 0.1) is 11.8 Å². The molecule has 564 valence electrons. The van der Waals surface area contributed by atoms with Gasteiger partial charge in [-0.25, -0.2) is 4.98 Å². The number of hydrogen-bond acceptors (Lipinski definition) is 21. The van der Waals surface area contributed by atoms with Crippen molar-refractivity contribution in [2.45, 2.75) is 122 Å². The van der Waals surface area contributed by atoms with E-state index in [9.17, 15) is 82.4 Å². The number of aromatic amines is 2. The number of amides is 11. The molecule has 0 bridgehead atoms. The highest BCUT2D eigenvalue weighted by Crippen LogP contribution is 2.20. The Kier molecular flexibility index (Phi) is 34.6. The first-order valence-electron chi connectivity index (χ1n) is 33.8. The molecule has 1 saturated heterocycles. The quantitative estimate of drug-likeness (QED) is 0.0209. The molecule has 7 atom stereocenters. The first-order valence-corrected chi connectivity index (χ1v) is 35.2. The second-order valence-electron chi connectivity index (χ2n) is 25.9. The molecule has 18 N–H and O–H groups in total.